The molecule has 1 fully saturated rings. The standard InChI is InChI=1S/C26H30N2O5/c1-28(14-6-11-24(29)30)25(31)17-12-13-18(15-17)27-26(32)33-16-23-21-9-4-2-7-19(21)20-8-3-5-10-22(20)23/h2-5,7-10,17-18,23H,6,11-16H2,1H3,(H,27,32)(H,29,30)/t17-,18+/m0/s1. The minimum absolute atomic E-state index is 0.0113. The number of hydrogen-bond acceptors (Lipinski definition) is 4. The average Bonchev–Trinajstić information content (AvgIpc) is 3.39. The van der Waals surface area contributed by atoms with Gasteiger partial charge >= 0.3 is 12.1 Å². The molecule has 2 N–H and O–H groups in total. The molecule has 0 aromatic heterocycles. The molecule has 0 bridgehead atoms. The molecule has 33 heavy (non-hydrogen) atoms. The topological polar surface area (TPSA) is 95.9 Å². The lowest BCUT2D eigenvalue weighted by molar-refractivity contribution is -0.138. The average molecular weight is 451 g/mol. The number of carbonyl (C=O) groups is 3. The van der Waals surface area contributed by atoms with Gasteiger partial charge < -0.3 is 20.1 Å². The molecule has 7 heteroatoms. The van der Waals surface area contributed by atoms with E-state index in [-0.39, 0.29) is 36.8 Å². The van der Waals surface area contributed by atoms with E-state index in [1.807, 2.05) is 24.3 Å². The molecule has 0 radical (unpaired) electrons. The molecule has 2 aromatic carbocycles. The van der Waals surface area contributed by atoms with Crippen molar-refractivity contribution in [1.82, 2.24) is 10.2 Å². The number of nitrogens with zero attached hydrogens (tertiary/aromatic N) is 1. The van der Waals surface area contributed by atoms with E-state index in [0.29, 0.717) is 25.8 Å². The SMILES string of the molecule is CN(CCCC(=O)O)C(=O)[C@H]1CC[C@@H](NC(=O)OCC2c3ccccc3-c3ccccc32)C1. The monoisotopic (exact) mass is 450 g/mol. The number of alkyl carbamates (subject to hydrolysis) is 1. The van der Waals surface area contributed by atoms with Crippen molar-refractivity contribution in [2.75, 3.05) is 20.2 Å². The van der Waals surface area contributed by atoms with Crippen molar-refractivity contribution < 1.29 is 24.2 Å². The Morgan fingerprint density at radius 3 is 2.30 bits per heavy atom. The molecule has 0 saturated heterocycles. The summed E-state index contributed by atoms with van der Waals surface area (Å²) in [5.74, 6) is -0.986. The Morgan fingerprint density at radius 2 is 1.67 bits per heavy atom. The summed E-state index contributed by atoms with van der Waals surface area (Å²) in [7, 11) is 1.70. The van der Waals surface area contributed by atoms with Crippen molar-refractivity contribution in [1.29, 1.82) is 0 Å². The number of hydrogen-bond donors (Lipinski definition) is 2. The second-order valence-corrected chi connectivity index (χ2v) is 8.93. The fourth-order valence-electron chi connectivity index (χ4n) is 5.03. The van der Waals surface area contributed by atoms with Gasteiger partial charge in [-0.25, -0.2) is 4.79 Å². The van der Waals surface area contributed by atoms with Crippen LogP contribution in [0.5, 0.6) is 0 Å². The van der Waals surface area contributed by atoms with Gasteiger partial charge in [-0.1, -0.05) is 48.5 Å². The van der Waals surface area contributed by atoms with Crippen LogP contribution >= 0.6 is 0 Å². The van der Waals surface area contributed by atoms with Gasteiger partial charge in [-0.3, -0.25) is 9.59 Å². The van der Waals surface area contributed by atoms with E-state index in [1.165, 1.54) is 22.3 Å². The largest absolute Gasteiger partial charge is 0.481 e. The number of amides is 2. The maximum atomic E-state index is 12.6. The summed E-state index contributed by atoms with van der Waals surface area (Å²) in [5.41, 5.74) is 4.71. The third kappa shape index (κ3) is 5.18. The van der Waals surface area contributed by atoms with Gasteiger partial charge in [-0.05, 0) is 47.9 Å². The van der Waals surface area contributed by atoms with Gasteiger partial charge in [0.15, 0.2) is 0 Å². The van der Waals surface area contributed by atoms with E-state index in [1.54, 1.807) is 11.9 Å². The minimum atomic E-state index is -0.857. The van der Waals surface area contributed by atoms with Crippen LogP contribution in [0, 0.1) is 5.92 Å². The zero-order valence-corrected chi connectivity index (χ0v) is 18.8. The van der Waals surface area contributed by atoms with Crippen LogP contribution in [-0.2, 0) is 14.3 Å². The summed E-state index contributed by atoms with van der Waals surface area (Å²) in [6, 6.07) is 16.3. The van der Waals surface area contributed by atoms with Crippen molar-refractivity contribution in [3.8, 4) is 11.1 Å². The number of benzene rings is 2. The highest BCUT2D eigenvalue weighted by atomic mass is 16.5. The van der Waals surface area contributed by atoms with Gasteiger partial charge in [0.2, 0.25) is 5.91 Å². The Kier molecular flexibility index (Phi) is 6.96. The molecule has 1 saturated carbocycles. The minimum Gasteiger partial charge on any atom is -0.481 e. The second-order valence-electron chi connectivity index (χ2n) is 8.93. The number of ether oxygens (including phenoxy) is 1. The lowest BCUT2D eigenvalue weighted by Crippen LogP contribution is -2.36. The zero-order valence-electron chi connectivity index (χ0n) is 18.8. The molecular weight excluding hydrogens is 420 g/mol. The van der Waals surface area contributed by atoms with E-state index in [0.717, 1.165) is 6.42 Å². The number of fused-ring (bicyclic) bond motifs is 3. The number of carbonyl (C=O) groups excluding carboxylic acids is 2. The van der Waals surface area contributed by atoms with Gasteiger partial charge in [0, 0.05) is 37.9 Å². The number of rotatable bonds is 8. The summed E-state index contributed by atoms with van der Waals surface area (Å²) in [5, 5.41) is 11.7. The molecule has 2 aromatic rings. The van der Waals surface area contributed by atoms with E-state index in [9.17, 15) is 14.4 Å². The smallest absolute Gasteiger partial charge is 0.407 e. The number of nitrogens with one attached hydrogen (secondary N) is 1. The van der Waals surface area contributed by atoms with Gasteiger partial charge in [0.25, 0.3) is 0 Å². The predicted molar refractivity (Wildman–Crippen MR) is 124 cm³/mol. The molecule has 0 aliphatic heterocycles. The molecular formula is C26H30N2O5. The first kappa shape index (κ1) is 22.8. The van der Waals surface area contributed by atoms with Crippen LogP contribution in [0.1, 0.15) is 49.1 Å². The summed E-state index contributed by atoms with van der Waals surface area (Å²) >= 11 is 0. The van der Waals surface area contributed by atoms with Crippen LogP contribution in [0.4, 0.5) is 4.79 Å². The van der Waals surface area contributed by atoms with E-state index < -0.39 is 12.1 Å². The Labute approximate surface area is 193 Å². The molecule has 0 heterocycles. The van der Waals surface area contributed by atoms with Crippen LogP contribution < -0.4 is 5.32 Å². The Morgan fingerprint density at radius 1 is 1.03 bits per heavy atom. The summed E-state index contributed by atoms with van der Waals surface area (Å²) in [4.78, 5) is 37.4. The molecule has 174 valence electrons. The number of aliphatic carboxylic acids is 1. The lowest BCUT2D eigenvalue weighted by atomic mass is 9.98. The van der Waals surface area contributed by atoms with Gasteiger partial charge in [0.1, 0.15) is 6.61 Å². The van der Waals surface area contributed by atoms with Crippen LogP contribution in [0.25, 0.3) is 11.1 Å². The molecule has 2 amide bonds. The molecule has 0 spiro atoms. The first-order chi connectivity index (χ1) is 15.9. The predicted octanol–water partition coefficient (Wildman–Crippen LogP) is 4.02. The first-order valence-corrected chi connectivity index (χ1v) is 11.5. The second kappa shape index (κ2) is 10.1. The molecule has 7 nitrogen and oxygen atoms in total. The summed E-state index contributed by atoms with van der Waals surface area (Å²) in [6.45, 7) is 0.688. The lowest BCUT2D eigenvalue weighted by Gasteiger charge is -2.21. The molecule has 2 aliphatic carbocycles. The summed E-state index contributed by atoms with van der Waals surface area (Å²) in [6.07, 6.45) is 2.04. The van der Waals surface area contributed by atoms with Crippen molar-refractivity contribution >= 4 is 18.0 Å². The van der Waals surface area contributed by atoms with Gasteiger partial charge in [-0.2, -0.15) is 0 Å². The van der Waals surface area contributed by atoms with Gasteiger partial charge in [-0.15, -0.1) is 0 Å². The van der Waals surface area contributed by atoms with E-state index in [4.69, 9.17) is 9.84 Å². The molecule has 2 aliphatic rings. The van der Waals surface area contributed by atoms with Gasteiger partial charge in [0.05, 0.1) is 0 Å². The number of carboxylic acid groups (broad SMARTS) is 1. The first-order valence-electron chi connectivity index (χ1n) is 11.5. The third-order valence-corrected chi connectivity index (χ3v) is 6.71. The zero-order chi connectivity index (χ0) is 23.4. The normalized spacial score (nSPS) is 18.9. The van der Waals surface area contributed by atoms with Crippen molar-refractivity contribution in [2.24, 2.45) is 5.92 Å². The van der Waals surface area contributed by atoms with Crippen LogP contribution in [0.2, 0.25) is 0 Å². The van der Waals surface area contributed by atoms with Crippen molar-refractivity contribution in [3.05, 3.63) is 59.7 Å². The highest BCUT2D eigenvalue weighted by Crippen LogP contribution is 2.44. The van der Waals surface area contributed by atoms with Crippen molar-refractivity contribution in [2.45, 2.75) is 44.1 Å². The summed E-state index contributed by atoms with van der Waals surface area (Å²) < 4.78 is 5.62. The fraction of sp³-hybridized carbons (Fsp3) is 0.423. The quantitative estimate of drug-likeness (QED) is 0.633. The highest BCUT2D eigenvalue weighted by Gasteiger charge is 2.33. The van der Waals surface area contributed by atoms with Crippen molar-refractivity contribution in [3.63, 3.8) is 0 Å². The number of carboxylic acids is 1. The fourth-order valence-corrected chi connectivity index (χ4v) is 5.03. The molecule has 2 atom stereocenters. The Hall–Kier alpha value is -3.35. The van der Waals surface area contributed by atoms with E-state index >= 15 is 0 Å². The van der Waals surface area contributed by atoms with Crippen LogP contribution in [0.15, 0.2) is 48.5 Å². The molecule has 4 rings (SSSR count). The van der Waals surface area contributed by atoms with Crippen LogP contribution in [-0.4, -0.2) is 54.2 Å². The Balaban J connectivity index is 1.27. The maximum Gasteiger partial charge on any atom is 0.407 e. The Bertz CT molecular complexity index is 991. The molecule has 0 unspecified atom stereocenters. The highest BCUT2D eigenvalue weighted by molar-refractivity contribution is 5.80. The third-order valence-electron chi connectivity index (χ3n) is 6.71. The van der Waals surface area contributed by atoms with E-state index in [2.05, 4.69) is 29.6 Å². The van der Waals surface area contributed by atoms with Crippen LogP contribution in [0.3, 0.4) is 0 Å². The maximum absolute atomic E-state index is 12.6.